The van der Waals surface area contributed by atoms with Gasteiger partial charge in [-0.25, -0.2) is 15.0 Å². The molecule has 34 heavy (non-hydrogen) atoms. The standard InChI is InChI=1S/C25H30N6O3/c1-17(2)23(30-11-9-26-16-30)25(34)31-10-3-4-22(31)24(33)29-21(14-32)19-7-5-18(6-8-19)20-12-27-15-28-13-20/h5-9,11-13,15-17,21-23,32H,3-4,10,14H2,1-2H3,(H,29,33)/t21-,22-,23-/m0/s1. The van der Waals surface area contributed by atoms with Gasteiger partial charge in [-0.2, -0.15) is 0 Å². The summed E-state index contributed by atoms with van der Waals surface area (Å²) < 4.78 is 1.80. The summed E-state index contributed by atoms with van der Waals surface area (Å²) in [5, 5.41) is 12.9. The number of aliphatic hydroxyl groups excluding tert-OH is 1. The fourth-order valence-electron chi connectivity index (χ4n) is 4.52. The van der Waals surface area contributed by atoms with E-state index in [0.29, 0.717) is 13.0 Å². The van der Waals surface area contributed by atoms with Crippen LogP contribution in [0.25, 0.3) is 11.1 Å². The van der Waals surface area contributed by atoms with E-state index in [1.54, 1.807) is 40.6 Å². The van der Waals surface area contributed by atoms with Crippen molar-refractivity contribution in [3.63, 3.8) is 0 Å². The molecule has 2 aromatic heterocycles. The van der Waals surface area contributed by atoms with Gasteiger partial charge in [0.15, 0.2) is 0 Å². The van der Waals surface area contributed by atoms with Crippen molar-refractivity contribution in [2.75, 3.05) is 13.2 Å². The minimum absolute atomic E-state index is 0.0460. The molecule has 4 rings (SSSR count). The first-order chi connectivity index (χ1) is 16.5. The molecule has 0 bridgehead atoms. The highest BCUT2D eigenvalue weighted by Crippen LogP contribution is 2.27. The van der Waals surface area contributed by atoms with E-state index in [4.69, 9.17) is 0 Å². The molecule has 3 aromatic rings. The fraction of sp³-hybridized carbons (Fsp3) is 0.400. The first-order valence-corrected chi connectivity index (χ1v) is 11.5. The van der Waals surface area contributed by atoms with Gasteiger partial charge in [-0.1, -0.05) is 38.1 Å². The quantitative estimate of drug-likeness (QED) is 0.531. The zero-order valence-corrected chi connectivity index (χ0v) is 19.4. The maximum Gasteiger partial charge on any atom is 0.246 e. The van der Waals surface area contributed by atoms with Gasteiger partial charge < -0.3 is 19.9 Å². The summed E-state index contributed by atoms with van der Waals surface area (Å²) in [6, 6.07) is 6.01. The van der Waals surface area contributed by atoms with E-state index in [1.165, 1.54) is 6.33 Å². The van der Waals surface area contributed by atoms with E-state index in [-0.39, 0.29) is 24.3 Å². The van der Waals surface area contributed by atoms with E-state index in [0.717, 1.165) is 23.1 Å². The molecule has 3 atom stereocenters. The SMILES string of the molecule is CC(C)[C@@H](C(=O)N1CCC[C@H]1C(=O)N[C@@H](CO)c1ccc(-c2cncnc2)cc1)n1ccnc1. The third-order valence-electron chi connectivity index (χ3n) is 6.28. The number of imidazole rings is 1. The number of likely N-dealkylation sites (tertiary alicyclic amines) is 1. The number of benzene rings is 1. The lowest BCUT2D eigenvalue weighted by molar-refractivity contribution is -0.142. The molecule has 9 heteroatoms. The average molecular weight is 463 g/mol. The Hall–Kier alpha value is -3.59. The topological polar surface area (TPSA) is 113 Å². The van der Waals surface area contributed by atoms with Crippen molar-refractivity contribution in [3.8, 4) is 11.1 Å². The lowest BCUT2D eigenvalue weighted by atomic mass is 10.0. The third kappa shape index (κ3) is 4.99. The van der Waals surface area contributed by atoms with E-state index in [1.807, 2.05) is 38.1 Å². The molecule has 0 saturated carbocycles. The molecule has 1 fully saturated rings. The van der Waals surface area contributed by atoms with Gasteiger partial charge in [-0.05, 0) is 29.9 Å². The number of hydrogen-bond acceptors (Lipinski definition) is 6. The zero-order valence-electron chi connectivity index (χ0n) is 19.4. The molecule has 3 heterocycles. The van der Waals surface area contributed by atoms with Crippen molar-refractivity contribution in [2.24, 2.45) is 5.92 Å². The van der Waals surface area contributed by atoms with Gasteiger partial charge in [0.25, 0.3) is 0 Å². The van der Waals surface area contributed by atoms with Crippen LogP contribution in [0.3, 0.4) is 0 Å². The molecule has 178 valence electrons. The van der Waals surface area contributed by atoms with Gasteiger partial charge in [0, 0.05) is 36.9 Å². The molecule has 1 aliphatic rings. The predicted octanol–water partition coefficient (Wildman–Crippen LogP) is 2.38. The Labute approximate surface area is 198 Å². The number of carbonyl (C=O) groups is 2. The van der Waals surface area contributed by atoms with Crippen LogP contribution in [0.5, 0.6) is 0 Å². The van der Waals surface area contributed by atoms with E-state index < -0.39 is 18.1 Å². The second kappa shape index (κ2) is 10.6. The van der Waals surface area contributed by atoms with Crippen molar-refractivity contribution in [3.05, 3.63) is 67.3 Å². The van der Waals surface area contributed by atoms with Gasteiger partial charge in [0.1, 0.15) is 18.4 Å². The molecule has 1 aromatic carbocycles. The number of aliphatic hydroxyl groups is 1. The maximum absolute atomic E-state index is 13.4. The monoisotopic (exact) mass is 462 g/mol. The lowest BCUT2D eigenvalue weighted by Crippen LogP contribution is -2.49. The predicted molar refractivity (Wildman–Crippen MR) is 126 cm³/mol. The molecule has 0 aliphatic carbocycles. The molecular weight excluding hydrogens is 432 g/mol. The molecule has 0 radical (unpaired) electrons. The third-order valence-corrected chi connectivity index (χ3v) is 6.28. The summed E-state index contributed by atoms with van der Waals surface area (Å²) in [5.74, 6) is -0.288. The summed E-state index contributed by atoms with van der Waals surface area (Å²) in [4.78, 5) is 40.5. The summed E-state index contributed by atoms with van der Waals surface area (Å²) in [6.45, 7) is 4.26. The number of nitrogens with zero attached hydrogens (tertiary/aromatic N) is 5. The van der Waals surface area contributed by atoms with Crippen LogP contribution in [0.1, 0.15) is 44.3 Å². The van der Waals surface area contributed by atoms with Crippen molar-refractivity contribution in [1.29, 1.82) is 0 Å². The Morgan fingerprint density at radius 1 is 1.12 bits per heavy atom. The van der Waals surface area contributed by atoms with Gasteiger partial charge in [-0.15, -0.1) is 0 Å². The Morgan fingerprint density at radius 2 is 1.85 bits per heavy atom. The largest absolute Gasteiger partial charge is 0.394 e. The van der Waals surface area contributed by atoms with Gasteiger partial charge in [0.05, 0.1) is 19.0 Å². The summed E-state index contributed by atoms with van der Waals surface area (Å²) in [6.07, 6.45) is 11.4. The van der Waals surface area contributed by atoms with Crippen LogP contribution < -0.4 is 5.32 Å². The van der Waals surface area contributed by atoms with Crippen LogP contribution in [-0.4, -0.2) is 60.5 Å². The molecule has 0 spiro atoms. The Balaban J connectivity index is 1.46. The van der Waals surface area contributed by atoms with Crippen molar-refractivity contribution >= 4 is 11.8 Å². The van der Waals surface area contributed by atoms with Crippen LogP contribution in [0.15, 0.2) is 61.7 Å². The van der Waals surface area contributed by atoms with Crippen molar-refractivity contribution < 1.29 is 14.7 Å². The van der Waals surface area contributed by atoms with Crippen LogP contribution >= 0.6 is 0 Å². The second-order valence-corrected chi connectivity index (χ2v) is 8.88. The van der Waals surface area contributed by atoms with Gasteiger partial charge in [0.2, 0.25) is 11.8 Å². The highest BCUT2D eigenvalue weighted by atomic mass is 16.3. The van der Waals surface area contributed by atoms with E-state index >= 15 is 0 Å². The van der Waals surface area contributed by atoms with Gasteiger partial charge in [-0.3, -0.25) is 9.59 Å². The minimum atomic E-state index is -0.569. The Morgan fingerprint density at radius 3 is 2.47 bits per heavy atom. The minimum Gasteiger partial charge on any atom is -0.394 e. The Bertz CT molecular complexity index is 1090. The van der Waals surface area contributed by atoms with Crippen molar-refractivity contribution in [1.82, 2.24) is 29.7 Å². The van der Waals surface area contributed by atoms with Crippen LogP contribution in [0.4, 0.5) is 0 Å². The molecule has 1 saturated heterocycles. The molecule has 1 aliphatic heterocycles. The number of hydrogen-bond donors (Lipinski definition) is 2. The fourth-order valence-corrected chi connectivity index (χ4v) is 4.52. The first-order valence-electron chi connectivity index (χ1n) is 11.5. The summed E-state index contributed by atoms with van der Waals surface area (Å²) in [5.41, 5.74) is 2.61. The lowest BCUT2D eigenvalue weighted by Gasteiger charge is -2.31. The molecule has 2 amide bonds. The smallest absolute Gasteiger partial charge is 0.246 e. The summed E-state index contributed by atoms with van der Waals surface area (Å²) >= 11 is 0. The molecule has 0 unspecified atom stereocenters. The van der Waals surface area contributed by atoms with Crippen LogP contribution in [-0.2, 0) is 9.59 Å². The second-order valence-electron chi connectivity index (χ2n) is 8.88. The zero-order chi connectivity index (χ0) is 24.1. The highest BCUT2D eigenvalue weighted by Gasteiger charge is 2.39. The molecular formula is C25H30N6O3. The molecule has 2 N–H and O–H groups in total. The van der Waals surface area contributed by atoms with Gasteiger partial charge >= 0.3 is 0 Å². The number of amides is 2. The number of aromatic nitrogens is 4. The highest BCUT2D eigenvalue weighted by molar-refractivity contribution is 5.90. The normalized spacial score (nSPS) is 17.5. The molecule has 9 nitrogen and oxygen atoms in total. The number of carbonyl (C=O) groups excluding carboxylic acids is 2. The first kappa shape index (κ1) is 23.6. The maximum atomic E-state index is 13.4. The van der Waals surface area contributed by atoms with E-state index in [2.05, 4.69) is 20.3 Å². The van der Waals surface area contributed by atoms with Crippen molar-refractivity contribution in [2.45, 2.75) is 44.8 Å². The number of nitrogens with one attached hydrogen (secondary N) is 1. The Kier molecular flexibility index (Phi) is 7.32. The number of rotatable bonds is 8. The summed E-state index contributed by atoms with van der Waals surface area (Å²) in [7, 11) is 0. The average Bonchev–Trinajstić information content (AvgIpc) is 3.56. The van der Waals surface area contributed by atoms with Crippen LogP contribution in [0, 0.1) is 5.92 Å². The van der Waals surface area contributed by atoms with Crippen LogP contribution in [0.2, 0.25) is 0 Å². The van der Waals surface area contributed by atoms with E-state index in [9.17, 15) is 14.7 Å².